The average Bonchev–Trinajstić information content (AvgIpc) is 2.60. The van der Waals surface area contributed by atoms with Crippen LogP contribution in [0.15, 0.2) is 18.2 Å². The van der Waals surface area contributed by atoms with Crippen LogP contribution < -0.4 is 11.1 Å². The van der Waals surface area contributed by atoms with Crippen molar-refractivity contribution in [1.82, 2.24) is 0 Å². The van der Waals surface area contributed by atoms with Crippen molar-refractivity contribution in [2.24, 2.45) is 5.73 Å². The number of fused-ring (bicyclic) bond motifs is 1. The first kappa shape index (κ1) is 10.5. The molecule has 2 nitrogen and oxygen atoms in total. The van der Waals surface area contributed by atoms with Crippen molar-refractivity contribution in [2.45, 2.75) is 38.6 Å². The molecule has 0 aromatic heterocycles. The maximum absolute atomic E-state index is 5.87. The molecule has 1 aromatic carbocycles. The first-order chi connectivity index (χ1) is 7.20. The number of hydrogen-bond acceptors (Lipinski definition) is 2. The third kappa shape index (κ3) is 2.15. The molecule has 1 heterocycles. The molecule has 15 heavy (non-hydrogen) atoms. The van der Waals surface area contributed by atoms with E-state index in [1.54, 1.807) is 0 Å². The summed E-state index contributed by atoms with van der Waals surface area (Å²) < 4.78 is 0. The fourth-order valence-electron chi connectivity index (χ4n) is 2.33. The zero-order chi connectivity index (χ0) is 10.8. The maximum atomic E-state index is 5.87. The zero-order valence-corrected chi connectivity index (χ0v) is 9.59. The van der Waals surface area contributed by atoms with E-state index in [2.05, 4.69) is 37.4 Å². The van der Waals surface area contributed by atoms with E-state index in [0.29, 0.717) is 5.92 Å². The Labute approximate surface area is 91.9 Å². The Morgan fingerprint density at radius 1 is 1.53 bits per heavy atom. The maximum Gasteiger partial charge on any atom is 0.0376 e. The molecule has 0 spiro atoms. The van der Waals surface area contributed by atoms with Gasteiger partial charge in [-0.3, -0.25) is 0 Å². The predicted octanol–water partition coefficient (Wildman–Crippen LogP) is 2.50. The SMILES string of the molecule is CCc1ccc2c(c1)C(CC(C)N)CN2. The Morgan fingerprint density at radius 2 is 2.33 bits per heavy atom. The Bertz CT molecular complexity index is 344. The molecule has 1 aliphatic heterocycles. The minimum absolute atomic E-state index is 0.285. The van der Waals surface area contributed by atoms with Gasteiger partial charge in [0.05, 0.1) is 0 Å². The summed E-state index contributed by atoms with van der Waals surface area (Å²) in [6.45, 7) is 5.33. The van der Waals surface area contributed by atoms with Gasteiger partial charge in [-0.2, -0.15) is 0 Å². The van der Waals surface area contributed by atoms with Gasteiger partial charge in [-0.25, -0.2) is 0 Å². The fourth-order valence-corrected chi connectivity index (χ4v) is 2.33. The Hall–Kier alpha value is -1.02. The second-order valence-electron chi connectivity index (χ2n) is 4.57. The van der Waals surface area contributed by atoms with Crippen LogP contribution in [0.4, 0.5) is 5.69 Å². The normalized spacial score (nSPS) is 20.9. The van der Waals surface area contributed by atoms with Gasteiger partial charge in [0, 0.05) is 24.2 Å². The zero-order valence-electron chi connectivity index (χ0n) is 9.59. The molecule has 82 valence electrons. The minimum Gasteiger partial charge on any atom is -0.384 e. The third-order valence-corrected chi connectivity index (χ3v) is 3.16. The summed E-state index contributed by atoms with van der Waals surface area (Å²) in [6, 6.07) is 7.03. The predicted molar refractivity (Wildman–Crippen MR) is 65.3 cm³/mol. The molecule has 0 amide bonds. The fraction of sp³-hybridized carbons (Fsp3) is 0.538. The summed E-state index contributed by atoms with van der Waals surface area (Å²) in [4.78, 5) is 0. The molecule has 2 rings (SSSR count). The lowest BCUT2D eigenvalue weighted by Crippen LogP contribution is -2.19. The van der Waals surface area contributed by atoms with E-state index in [4.69, 9.17) is 5.73 Å². The number of anilines is 1. The van der Waals surface area contributed by atoms with Crippen LogP contribution in [0.25, 0.3) is 0 Å². The van der Waals surface area contributed by atoms with Gasteiger partial charge in [0.25, 0.3) is 0 Å². The van der Waals surface area contributed by atoms with Crippen molar-refractivity contribution >= 4 is 5.69 Å². The van der Waals surface area contributed by atoms with Crippen molar-refractivity contribution in [3.8, 4) is 0 Å². The number of rotatable bonds is 3. The van der Waals surface area contributed by atoms with Crippen LogP contribution in [0.3, 0.4) is 0 Å². The quantitative estimate of drug-likeness (QED) is 0.794. The van der Waals surface area contributed by atoms with Gasteiger partial charge in [0.15, 0.2) is 0 Å². The molecule has 0 aliphatic carbocycles. The lowest BCUT2D eigenvalue weighted by atomic mass is 9.93. The summed E-state index contributed by atoms with van der Waals surface area (Å²) in [5, 5.41) is 3.45. The number of aryl methyl sites for hydroxylation is 1. The second-order valence-corrected chi connectivity index (χ2v) is 4.57. The molecule has 3 N–H and O–H groups in total. The number of benzene rings is 1. The van der Waals surface area contributed by atoms with Crippen LogP contribution in [-0.2, 0) is 6.42 Å². The van der Waals surface area contributed by atoms with Crippen LogP contribution in [0.5, 0.6) is 0 Å². The van der Waals surface area contributed by atoms with Crippen LogP contribution >= 0.6 is 0 Å². The Morgan fingerprint density at radius 3 is 3.00 bits per heavy atom. The van der Waals surface area contributed by atoms with Crippen LogP contribution in [0, 0.1) is 0 Å². The summed E-state index contributed by atoms with van der Waals surface area (Å²) in [6.07, 6.45) is 2.19. The highest BCUT2D eigenvalue weighted by atomic mass is 14.9. The minimum atomic E-state index is 0.285. The van der Waals surface area contributed by atoms with Gasteiger partial charge in [0.1, 0.15) is 0 Å². The monoisotopic (exact) mass is 204 g/mol. The Balaban J connectivity index is 2.23. The van der Waals surface area contributed by atoms with Gasteiger partial charge in [-0.05, 0) is 37.0 Å². The molecule has 1 aliphatic rings. The number of nitrogens with one attached hydrogen (secondary N) is 1. The van der Waals surface area contributed by atoms with Crippen LogP contribution in [0.1, 0.15) is 37.3 Å². The summed E-state index contributed by atoms with van der Waals surface area (Å²) in [5.41, 5.74) is 10.1. The summed E-state index contributed by atoms with van der Waals surface area (Å²) >= 11 is 0. The Kier molecular flexibility index (Phi) is 2.96. The van der Waals surface area contributed by atoms with Crippen molar-refractivity contribution in [1.29, 1.82) is 0 Å². The van der Waals surface area contributed by atoms with Crippen molar-refractivity contribution in [3.05, 3.63) is 29.3 Å². The first-order valence-corrected chi connectivity index (χ1v) is 5.83. The van der Waals surface area contributed by atoms with E-state index in [9.17, 15) is 0 Å². The summed E-state index contributed by atoms with van der Waals surface area (Å²) in [5.74, 6) is 0.603. The van der Waals surface area contributed by atoms with Crippen LogP contribution in [-0.4, -0.2) is 12.6 Å². The van der Waals surface area contributed by atoms with E-state index >= 15 is 0 Å². The number of nitrogens with two attached hydrogens (primary N) is 1. The van der Waals surface area contributed by atoms with E-state index < -0.39 is 0 Å². The highest BCUT2D eigenvalue weighted by molar-refractivity contribution is 5.59. The van der Waals surface area contributed by atoms with Gasteiger partial charge < -0.3 is 11.1 Å². The molecule has 2 heteroatoms. The largest absolute Gasteiger partial charge is 0.384 e. The second kappa shape index (κ2) is 4.23. The van der Waals surface area contributed by atoms with E-state index in [1.807, 2.05) is 0 Å². The van der Waals surface area contributed by atoms with Crippen molar-refractivity contribution < 1.29 is 0 Å². The molecular weight excluding hydrogens is 184 g/mol. The van der Waals surface area contributed by atoms with Crippen molar-refractivity contribution in [3.63, 3.8) is 0 Å². The van der Waals surface area contributed by atoms with E-state index in [1.165, 1.54) is 16.8 Å². The van der Waals surface area contributed by atoms with E-state index in [0.717, 1.165) is 19.4 Å². The lowest BCUT2D eigenvalue weighted by Gasteiger charge is -2.13. The van der Waals surface area contributed by atoms with Crippen LogP contribution in [0.2, 0.25) is 0 Å². The summed E-state index contributed by atoms with van der Waals surface area (Å²) in [7, 11) is 0. The first-order valence-electron chi connectivity index (χ1n) is 5.83. The molecule has 0 saturated heterocycles. The average molecular weight is 204 g/mol. The topological polar surface area (TPSA) is 38.0 Å². The molecule has 2 unspecified atom stereocenters. The van der Waals surface area contributed by atoms with Gasteiger partial charge >= 0.3 is 0 Å². The molecule has 1 aromatic rings. The van der Waals surface area contributed by atoms with Gasteiger partial charge in [-0.15, -0.1) is 0 Å². The lowest BCUT2D eigenvalue weighted by molar-refractivity contribution is 0.584. The van der Waals surface area contributed by atoms with Crippen molar-refractivity contribution in [2.75, 3.05) is 11.9 Å². The molecule has 0 fully saturated rings. The highest BCUT2D eigenvalue weighted by Gasteiger charge is 2.22. The smallest absolute Gasteiger partial charge is 0.0376 e. The third-order valence-electron chi connectivity index (χ3n) is 3.16. The molecule has 0 radical (unpaired) electrons. The molecular formula is C13H20N2. The van der Waals surface area contributed by atoms with Gasteiger partial charge in [0.2, 0.25) is 0 Å². The molecule has 2 atom stereocenters. The highest BCUT2D eigenvalue weighted by Crippen LogP contribution is 2.34. The molecule has 0 saturated carbocycles. The van der Waals surface area contributed by atoms with Gasteiger partial charge in [-0.1, -0.05) is 19.1 Å². The number of hydrogen-bond donors (Lipinski definition) is 2. The molecule has 0 bridgehead atoms. The standard InChI is InChI=1S/C13H20N2/c1-3-10-4-5-13-12(7-10)11(8-15-13)6-9(2)14/h4-5,7,9,11,15H,3,6,8,14H2,1-2H3. The van der Waals surface area contributed by atoms with E-state index in [-0.39, 0.29) is 6.04 Å².